The smallest absolute Gasteiger partial charge is 0.431 e. The molecule has 0 atom stereocenters. The van der Waals surface area contributed by atoms with Crippen LogP contribution in [0, 0.1) is 5.82 Å². The molecule has 0 unspecified atom stereocenters. The minimum atomic E-state index is -5.00. The molecule has 0 fully saturated rings. The molecule has 1 heterocycles. The summed E-state index contributed by atoms with van der Waals surface area (Å²) in [6.07, 6.45) is -6.15. The summed E-state index contributed by atoms with van der Waals surface area (Å²) in [5.74, 6) is -1.63. The molecule has 0 aliphatic rings. The summed E-state index contributed by atoms with van der Waals surface area (Å²) < 4.78 is 63.2. The Bertz CT molecular complexity index is 1060. The van der Waals surface area contributed by atoms with Gasteiger partial charge in [-0.2, -0.15) is 13.2 Å². The Labute approximate surface area is 158 Å². The fourth-order valence-electron chi connectivity index (χ4n) is 2.38. The molecule has 1 amide bonds. The van der Waals surface area contributed by atoms with Gasteiger partial charge in [-0.3, -0.25) is 14.7 Å². The number of carbonyl (C=O) groups is 1. The standard InChI is InChI=1S/C15H12ClF4N3O5/c1-22-8(15(18,19)20)5-9(24)23(14(22)26)11-7(17)4-6(16)12(27-2)10(11)21-13(25)28-3/h4-5H,1-3H3,(H,21,25). The van der Waals surface area contributed by atoms with Crippen molar-refractivity contribution in [3.05, 3.63) is 49.5 Å². The second-order valence-electron chi connectivity index (χ2n) is 5.26. The number of ether oxygens (including phenoxy) is 2. The topological polar surface area (TPSA) is 91.6 Å². The average Bonchev–Trinajstić information content (AvgIpc) is 2.59. The number of hydrogen-bond donors (Lipinski definition) is 1. The van der Waals surface area contributed by atoms with Crippen LogP contribution in [0.1, 0.15) is 5.69 Å². The van der Waals surface area contributed by atoms with Crippen LogP contribution < -0.4 is 21.3 Å². The number of nitrogens with one attached hydrogen (secondary N) is 1. The molecule has 1 N–H and O–H groups in total. The van der Waals surface area contributed by atoms with Gasteiger partial charge in [-0.15, -0.1) is 0 Å². The molecular weight excluding hydrogens is 414 g/mol. The minimum Gasteiger partial charge on any atom is -0.493 e. The van der Waals surface area contributed by atoms with Gasteiger partial charge in [-0.1, -0.05) is 11.6 Å². The highest BCUT2D eigenvalue weighted by Crippen LogP contribution is 2.39. The monoisotopic (exact) mass is 425 g/mol. The van der Waals surface area contributed by atoms with E-state index in [9.17, 15) is 31.9 Å². The summed E-state index contributed by atoms with van der Waals surface area (Å²) >= 11 is 5.84. The zero-order chi connectivity index (χ0) is 21.4. The Morgan fingerprint density at radius 3 is 2.32 bits per heavy atom. The first-order chi connectivity index (χ1) is 12.9. The summed E-state index contributed by atoms with van der Waals surface area (Å²) in [6.45, 7) is 0. The van der Waals surface area contributed by atoms with Crippen molar-refractivity contribution < 1.29 is 31.8 Å². The molecule has 13 heteroatoms. The van der Waals surface area contributed by atoms with Crippen LogP contribution >= 0.6 is 11.6 Å². The van der Waals surface area contributed by atoms with Crippen molar-refractivity contribution in [3.8, 4) is 11.4 Å². The fraction of sp³-hybridized carbons (Fsp3) is 0.267. The van der Waals surface area contributed by atoms with Crippen molar-refractivity contribution in [2.24, 2.45) is 7.05 Å². The highest BCUT2D eigenvalue weighted by molar-refractivity contribution is 6.32. The van der Waals surface area contributed by atoms with Crippen LogP contribution in [-0.4, -0.2) is 29.4 Å². The van der Waals surface area contributed by atoms with Crippen LogP contribution in [0.4, 0.5) is 28.0 Å². The quantitative estimate of drug-likeness (QED) is 0.763. The lowest BCUT2D eigenvalue weighted by Crippen LogP contribution is -2.41. The number of halogens is 5. The van der Waals surface area contributed by atoms with E-state index in [1.165, 1.54) is 0 Å². The molecule has 1 aromatic carbocycles. The van der Waals surface area contributed by atoms with Crippen LogP contribution in [0.25, 0.3) is 5.69 Å². The lowest BCUT2D eigenvalue weighted by molar-refractivity contribution is -0.144. The van der Waals surface area contributed by atoms with Crippen molar-refractivity contribution in [2.75, 3.05) is 19.5 Å². The van der Waals surface area contributed by atoms with Gasteiger partial charge >= 0.3 is 18.0 Å². The molecule has 0 bridgehead atoms. The van der Waals surface area contributed by atoms with E-state index in [0.717, 1.165) is 21.3 Å². The number of benzene rings is 1. The first-order valence-corrected chi connectivity index (χ1v) is 7.63. The highest BCUT2D eigenvalue weighted by atomic mass is 35.5. The summed E-state index contributed by atoms with van der Waals surface area (Å²) in [7, 11) is 2.82. The molecule has 152 valence electrons. The molecule has 1 aromatic heterocycles. The van der Waals surface area contributed by atoms with E-state index >= 15 is 0 Å². The summed E-state index contributed by atoms with van der Waals surface area (Å²) in [5.41, 5.74) is -6.01. The highest BCUT2D eigenvalue weighted by Gasteiger charge is 2.36. The van der Waals surface area contributed by atoms with Crippen LogP contribution in [-0.2, 0) is 18.0 Å². The Hall–Kier alpha value is -3.02. The van der Waals surface area contributed by atoms with Crippen LogP contribution in [0.5, 0.6) is 5.75 Å². The molecule has 0 saturated heterocycles. The fourth-order valence-corrected chi connectivity index (χ4v) is 2.65. The molecule has 0 radical (unpaired) electrons. The van der Waals surface area contributed by atoms with Crippen molar-refractivity contribution in [1.82, 2.24) is 9.13 Å². The summed E-state index contributed by atoms with van der Waals surface area (Å²) in [5, 5.41) is 1.70. The van der Waals surface area contributed by atoms with Gasteiger partial charge in [-0.25, -0.2) is 18.5 Å². The predicted molar refractivity (Wildman–Crippen MR) is 89.8 cm³/mol. The first kappa shape index (κ1) is 21.3. The Morgan fingerprint density at radius 1 is 1.21 bits per heavy atom. The van der Waals surface area contributed by atoms with Crippen molar-refractivity contribution >= 4 is 23.4 Å². The number of hydrogen-bond acceptors (Lipinski definition) is 5. The second kappa shape index (κ2) is 7.54. The van der Waals surface area contributed by atoms with Crippen LogP contribution in [0.3, 0.4) is 0 Å². The van der Waals surface area contributed by atoms with Gasteiger partial charge in [0, 0.05) is 13.1 Å². The molecule has 0 aliphatic heterocycles. The maximum Gasteiger partial charge on any atom is 0.431 e. The van der Waals surface area contributed by atoms with Gasteiger partial charge in [0.25, 0.3) is 5.56 Å². The number of alkyl halides is 3. The van der Waals surface area contributed by atoms with E-state index in [-0.39, 0.29) is 26.0 Å². The Balaban J connectivity index is 2.97. The van der Waals surface area contributed by atoms with E-state index in [1.54, 1.807) is 0 Å². The molecule has 8 nitrogen and oxygen atoms in total. The zero-order valence-electron chi connectivity index (χ0n) is 14.5. The SMILES string of the molecule is COC(=O)Nc1c(OC)c(Cl)cc(F)c1-n1c(=O)cc(C(F)(F)F)n(C)c1=O. The summed E-state index contributed by atoms with van der Waals surface area (Å²) in [4.78, 5) is 36.3. The number of methoxy groups -OCH3 is 2. The van der Waals surface area contributed by atoms with E-state index in [0.29, 0.717) is 6.07 Å². The number of rotatable bonds is 3. The van der Waals surface area contributed by atoms with Crippen molar-refractivity contribution in [2.45, 2.75) is 6.18 Å². The van der Waals surface area contributed by atoms with Gasteiger partial charge in [-0.05, 0) is 6.07 Å². The van der Waals surface area contributed by atoms with Crippen molar-refractivity contribution in [1.29, 1.82) is 0 Å². The van der Waals surface area contributed by atoms with Gasteiger partial charge in [0.05, 0.1) is 19.2 Å². The minimum absolute atomic E-state index is 0.106. The van der Waals surface area contributed by atoms with Gasteiger partial charge < -0.3 is 9.47 Å². The molecule has 0 aliphatic carbocycles. The molecule has 2 aromatic rings. The van der Waals surface area contributed by atoms with Gasteiger partial charge in [0.1, 0.15) is 17.1 Å². The third kappa shape index (κ3) is 3.67. The lowest BCUT2D eigenvalue weighted by atomic mass is 10.2. The summed E-state index contributed by atoms with van der Waals surface area (Å²) in [6, 6.07) is 0.783. The number of amides is 1. The van der Waals surface area contributed by atoms with E-state index in [1.807, 2.05) is 5.32 Å². The van der Waals surface area contributed by atoms with E-state index in [4.69, 9.17) is 16.3 Å². The third-order valence-electron chi connectivity index (χ3n) is 3.61. The molecule has 0 spiro atoms. The van der Waals surface area contributed by atoms with Gasteiger partial charge in [0.15, 0.2) is 11.6 Å². The predicted octanol–water partition coefficient (Wildman–Crippen LogP) is 2.53. The normalized spacial score (nSPS) is 11.3. The van der Waals surface area contributed by atoms with E-state index < -0.39 is 46.4 Å². The molecule has 2 rings (SSSR count). The first-order valence-electron chi connectivity index (χ1n) is 7.25. The van der Waals surface area contributed by atoms with Crippen LogP contribution in [0.15, 0.2) is 21.7 Å². The maximum absolute atomic E-state index is 14.6. The van der Waals surface area contributed by atoms with Gasteiger partial charge in [0.2, 0.25) is 0 Å². The molecule has 0 saturated carbocycles. The van der Waals surface area contributed by atoms with E-state index in [2.05, 4.69) is 4.74 Å². The Kier molecular flexibility index (Phi) is 5.73. The largest absolute Gasteiger partial charge is 0.493 e. The zero-order valence-corrected chi connectivity index (χ0v) is 15.2. The number of nitrogens with zero attached hydrogens (tertiary/aromatic N) is 2. The van der Waals surface area contributed by atoms with Crippen molar-refractivity contribution in [3.63, 3.8) is 0 Å². The molecule has 28 heavy (non-hydrogen) atoms. The second-order valence-corrected chi connectivity index (χ2v) is 5.66. The maximum atomic E-state index is 14.6. The molecular formula is C15H12ClF4N3O5. The third-order valence-corrected chi connectivity index (χ3v) is 3.89. The number of carbonyl (C=O) groups excluding carboxylic acids is 1. The number of aromatic nitrogens is 2. The van der Waals surface area contributed by atoms with Crippen LogP contribution in [0.2, 0.25) is 5.02 Å². The number of anilines is 1. The lowest BCUT2D eigenvalue weighted by Gasteiger charge is -2.19. The average molecular weight is 426 g/mol. The Morgan fingerprint density at radius 2 is 1.82 bits per heavy atom.